The molecule has 3 atom stereocenters. The average molecular weight is 178 g/mol. The van der Waals surface area contributed by atoms with Crippen molar-refractivity contribution in [1.82, 2.24) is 10.7 Å². The van der Waals surface area contributed by atoms with Crippen LogP contribution in [0.3, 0.4) is 0 Å². The van der Waals surface area contributed by atoms with Gasteiger partial charge in [0.05, 0.1) is 6.04 Å². The Morgan fingerprint density at radius 1 is 1.55 bits per heavy atom. The average Bonchev–Trinajstić information content (AvgIpc) is 2.32. The van der Waals surface area contributed by atoms with Crippen molar-refractivity contribution in [2.45, 2.75) is 36.7 Å². The maximum absolute atomic E-state index is 10.9. The normalized spacial score (nSPS) is 45.8. The minimum atomic E-state index is -0.0231. The lowest BCUT2D eigenvalue weighted by Crippen LogP contribution is -2.40. The summed E-state index contributed by atoms with van der Waals surface area (Å²) in [5, 5.41) is 11.7. The summed E-state index contributed by atoms with van der Waals surface area (Å²) in [6, 6.07) is 0.105. The molecule has 2 aliphatic rings. The van der Waals surface area contributed by atoms with Crippen LogP contribution in [0.1, 0.15) is 19.3 Å². The third kappa shape index (κ3) is 1.37. The van der Waals surface area contributed by atoms with E-state index in [1.165, 1.54) is 0 Å². The van der Waals surface area contributed by atoms with E-state index in [4.69, 9.17) is 11.6 Å². The van der Waals surface area contributed by atoms with E-state index in [0.29, 0.717) is 5.23 Å². The van der Waals surface area contributed by atoms with Crippen LogP contribution in [0.4, 0.5) is 0 Å². The zero-order valence-electron chi connectivity index (χ0n) is 6.00. The Morgan fingerprint density at radius 3 is 3.18 bits per heavy atom. The molecule has 1 saturated carbocycles. The second-order valence-corrected chi connectivity index (χ2v) is 3.70. The first-order valence-corrected chi connectivity index (χ1v) is 4.24. The van der Waals surface area contributed by atoms with Crippen LogP contribution in [0.5, 0.6) is 0 Å². The van der Waals surface area contributed by atoms with Gasteiger partial charge in [0.2, 0.25) is 0 Å². The predicted octanol–water partition coefficient (Wildman–Crippen LogP) is 0.764. The molecule has 11 heavy (non-hydrogen) atoms. The van der Waals surface area contributed by atoms with Crippen molar-refractivity contribution < 1.29 is 4.94 Å². The van der Waals surface area contributed by atoms with Crippen molar-refractivity contribution in [2.24, 2.45) is 0 Å². The Kier molecular flexibility index (Phi) is 2.03. The molecule has 0 aromatic carbocycles. The van der Waals surface area contributed by atoms with Gasteiger partial charge in [-0.1, -0.05) is 0 Å². The quantitative estimate of drug-likeness (QED) is 0.555. The summed E-state index contributed by atoms with van der Waals surface area (Å²) in [7, 11) is 0. The summed E-state index contributed by atoms with van der Waals surface area (Å²) in [5.41, 5.74) is 2.67. The van der Waals surface area contributed by atoms with Gasteiger partial charge in [0.25, 0.3) is 0 Å². The van der Waals surface area contributed by atoms with E-state index in [1.54, 1.807) is 0 Å². The molecule has 1 heterocycles. The molecule has 4 nitrogen and oxygen atoms in total. The lowest BCUT2D eigenvalue weighted by atomic mass is 9.91. The van der Waals surface area contributed by atoms with Gasteiger partial charge in [-0.3, -0.25) is 0 Å². The third-order valence-corrected chi connectivity index (χ3v) is 2.71. The molecule has 1 aliphatic carbocycles. The van der Waals surface area contributed by atoms with Gasteiger partial charge in [-0.25, -0.2) is 10.2 Å². The molecule has 2 fully saturated rings. The molecule has 0 aromatic heterocycles. The fraction of sp³-hybridized carbons (Fsp3) is 1.00. The fourth-order valence-electron chi connectivity index (χ4n) is 1.67. The first-order valence-electron chi connectivity index (χ1n) is 3.80. The lowest BCUT2D eigenvalue weighted by Gasteiger charge is -2.32. The topological polar surface area (TPSA) is 47.6 Å². The smallest absolute Gasteiger partial charge is 0.0523 e. The molecule has 1 N–H and O–H groups in total. The molecule has 0 aromatic rings. The molecule has 0 radical (unpaired) electrons. The van der Waals surface area contributed by atoms with E-state index in [-0.39, 0.29) is 17.5 Å². The highest BCUT2D eigenvalue weighted by molar-refractivity contribution is 6.20. The van der Waals surface area contributed by atoms with Crippen molar-refractivity contribution in [2.75, 3.05) is 0 Å². The maximum Gasteiger partial charge on any atom is 0.0523 e. The monoisotopic (exact) mass is 177 g/mol. The van der Waals surface area contributed by atoms with Crippen LogP contribution >= 0.6 is 11.6 Å². The second kappa shape index (κ2) is 2.88. The van der Waals surface area contributed by atoms with Gasteiger partial charge in [0.1, 0.15) is 0 Å². The van der Waals surface area contributed by atoms with Gasteiger partial charge in [0.15, 0.2) is 0 Å². The number of alkyl halides is 1. The molecule has 64 valence electrons. The van der Waals surface area contributed by atoms with Crippen LogP contribution in [-0.2, 0) is 4.94 Å². The van der Waals surface area contributed by atoms with E-state index >= 15 is 0 Å². The van der Waals surface area contributed by atoms with Gasteiger partial charge in [-0.05, 0) is 19.3 Å². The van der Waals surface area contributed by atoms with Crippen molar-refractivity contribution in [1.29, 1.82) is 0 Å². The molecule has 5 heteroatoms. The Labute approximate surface area is 69.9 Å². The summed E-state index contributed by atoms with van der Waals surface area (Å²) in [6.45, 7) is 0. The maximum atomic E-state index is 10.9. The molecule has 1 aliphatic heterocycles. The molecule has 0 spiro atoms. The molecule has 0 amide bonds. The van der Waals surface area contributed by atoms with Crippen LogP contribution in [0.25, 0.3) is 0 Å². The Morgan fingerprint density at radius 2 is 2.36 bits per heavy atom. The Balaban J connectivity index is 2.00. The summed E-state index contributed by atoms with van der Waals surface area (Å²) in [4.78, 5) is 4.62. The SMILES string of the molecule is [O-]N1ONC2CC(Cl)CCC21. The van der Waals surface area contributed by atoms with Crippen molar-refractivity contribution in [3.63, 3.8) is 0 Å². The highest BCUT2D eigenvalue weighted by atomic mass is 35.5. The first kappa shape index (κ1) is 7.76. The highest BCUT2D eigenvalue weighted by Gasteiger charge is 2.35. The van der Waals surface area contributed by atoms with E-state index in [9.17, 15) is 5.21 Å². The molecule has 1 saturated heterocycles. The van der Waals surface area contributed by atoms with E-state index in [1.807, 2.05) is 0 Å². The van der Waals surface area contributed by atoms with Gasteiger partial charge in [-0.15, -0.1) is 11.6 Å². The fourth-order valence-corrected chi connectivity index (χ4v) is 1.99. The molecular weight excluding hydrogens is 168 g/mol. The summed E-state index contributed by atoms with van der Waals surface area (Å²) < 4.78 is 0. The predicted molar refractivity (Wildman–Crippen MR) is 40.5 cm³/mol. The number of hydroxylamine groups is 3. The molecule has 2 rings (SSSR count). The first-order chi connectivity index (χ1) is 5.27. The van der Waals surface area contributed by atoms with Crippen LogP contribution in [-0.4, -0.2) is 22.7 Å². The van der Waals surface area contributed by atoms with E-state index < -0.39 is 0 Å². The number of halogens is 1. The Hall–Kier alpha value is 0.130. The van der Waals surface area contributed by atoms with Crippen molar-refractivity contribution in [3.05, 3.63) is 5.21 Å². The lowest BCUT2D eigenvalue weighted by molar-refractivity contribution is -0.137. The van der Waals surface area contributed by atoms with E-state index in [2.05, 4.69) is 10.4 Å². The van der Waals surface area contributed by atoms with Crippen LogP contribution in [0.15, 0.2) is 0 Å². The number of nitrogens with zero attached hydrogens (tertiary/aromatic N) is 1. The molecule has 0 bridgehead atoms. The van der Waals surface area contributed by atoms with Gasteiger partial charge < -0.3 is 5.21 Å². The van der Waals surface area contributed by atoms with Gasteiger partial charge in [-0.2, -0.15) is 5.48 Å². The number of fused-ring (bicyclic) bond motifs is 1. The van der Waals surface area contributed by atoms with Crippen LogP contribution in [0.2, 0.25) is 0 Å². The summed E-state index contributed by atoms with van der Waals surface area (Å²) >= 11 is 5.91. The van der Waals surface area contributed by atoms with Gasteiger partial charge >= 0.3 is 0 Å². The summed E-state index contributed by atoms with van der Waals surface area (Å²) in [6.07, 6.45) is 2.56. The summed E-state index contributed by atoms with van der Waals surface area (Å²) in [5.74, 6) is 0. The third-order valence-electron chi connectivity index (χ3n) is 2.31. The number of hydrogen-bond acceptors (Lipinski definition) is 4. The van der Waals surface area contributed by atoms with Crippen molar-refractivity contribution in [3.8, 4) is 0 Å². The van der Waals surface area contributed by atoms with Gasteiger partial charge in [0, 0.05) is 11.4 Å². The van der Waals surface area contributed by atoms with E-state index in [0.717, 1.165) is 19.3 Å². The zero-order chi connectivity index (χ0) is 7.84. The zero-order valence-corrected chi connectivity index (χ0v) is 6.75. The number of nitrogens with one attached hydrogen (secondary N) is 1. The number of hydrogen-bond donors (Lipinski definition) is 1. The minimum absolute atomic E-state index is 0.0231. The second-order valence-electron chi connectivity index (χ2n) is 3.08. The standard InChI is InChI=1S/C6H10ClN2O2/c7-4-1-2-6-5(3-4)8-11-9(6)10/h4-6,8H,1-3H2/q-1. The molecule has 3 unspecified atom stereocenters. The van der Waals surface area contributed by atoms with Crippen LogP contribution in [0, 0.1) is 5.21 Å². The Bertz CT molecular complexity index is 158. The number of rotatable bonds is 0. The van der Waals surface area contributed by atoms with Crippen molar-refractivity contribution >= 4 is 11.6 Å². The van der Waals surface area contributed by atoms with Crippen LogP contribution < -0.4 is 5.48 Å². The minimum Gasteiger partial charge on any atom is -0.760 e. The largest absolute Gasteiger partial charge is 0.760 e. The molecular formula is C6H10ClN2O2-. The highest BCUT2D eigenvalue weighted by Crippen LogP contribution is 2.29.